The van der Waals surface area contributed by atoms with Crippen LogP contribution in [0, 0.1) is 5.82 Å². The molecule has 0 spiro atoms. The Balaban J connectivity index is 0.00000240. The minimum Gasteiger partial charge on any atom is -0.356 e. The Kier molecular flexibility index (Phi) is 6.89. The summed E-state index contributed by atoms with van der Waals surface area (Å²) in [6, 6.07) is 17.1. The Hall–Kier alpha value is -2.42. The summed E-state index contributed by atoms with van der Waals surface area (Å²) in [5.41, 5.74) is 3.24. The van der Waals surface area contributed by atoms with E-state index in [2.05, 4.69) is 32.9 Å². The molecule has 2 N–H and O–H groups in total. The number of nitrogens with zero attached hydrogens (tertiary/aromatic N) is 3. The highest BCUT2D eigenvalue weighted by molar-refractivity contribution is 14.0. The van der Waals surface area contributed by atoms with Gasteiger partial charge in [-0.2, -0.15) is 5.10 Å². The van der Waals surface area contributed by atoms with E-state index >= 15 is 0 Å². The SMILES string of the molecule is CN=C(NCc1cccc(-n2cccn2)c1)NCC1(c2cccc(F)c2)CC1.I. The van der Waals surface area contributed by atoms with Crippen molar-refractivity contribution in [3.63, 3.8) is 0 Å². The molecule has 0 aliphatic heterocycles. The largest absolute Gasteiger partial charge is 0.356 e. The summed E-state index contributed by atoms with van der Waals surface area (Å²) in [5, 5.41) is 11.0. The standard InChI is InChI=1S/C22H24FN5.HI/c1-24-21(26-16-22(9-10-22)18-6-3-7-19(23)14-18)25-15-17-5-2-8-20(13-17)28-12-4-11-27-28;/h2-8,11-14H,9-10,15-16H2,1H3,(H2,24,25,26);1H. The Labute approximate surface area is 187 Å². The normalized spacial score (nSPS) is 14.8. The van der Waals surface area contributed by atoms with Gasteiger partial charge in [-0.3, -0.25) is 4.99 Å². The van der Waals surface area contributed by atoms with Gasteiger partial charge in [0.25, 0.3) is 0 Å². The maximum absolute atomic E-state index is 13.6. The third kappa shape index (κ3) is 5.14. The maximum atomic E-state index is 13.6. The minimum absolute atomic E-state index is 0. The molecule has 1 saturated carbocycles. The topological polar surface area (TPSA) is 54.2 Å². The van der Waals surface area contributed by atoms with Gasteiger partial charge in [0.15, 0.2) is 5.96 Å². The molecule has 4 rings (SSSR count). The van der Waals surface area contributed by atoms with Crippen molar-refractivity contribution in [3.05, 3.63) is 83.9 Å². The van der Waals surface area contributed by atoms with Crippen LogP contribution in [0.25, 0.3) is 5.69 Å². The molecule has 0 bridgehead atoms. The van der Waals surface area contributed by atoms with Gasteiger partial charge < -0.3 is 10.6 Å². The van der Waals surface area contributed by atoms with E-state index < -0.39 is 0 Å². The number of hydrogen-bond acceptors (Lipinski definition) is 2. The predicted octanol–water partition coefficient (Wildman–Crippen LogP) is 4.03. The fourth-order valence-corrected chi connectivity index (χ4v) is 3.43. The number of rotatable bonds is 6. The molecule has 2 aromatic carbocycles. The number of aromatic nitrogens is 2. The van der Waals surface area contributed by atoms with E-state index in [1.807, 2.05) is 35.1 Å². The summed E-state index contributed by atoms with van der Waals surface area (Å²) < 4.78 is 15.4. The van der Waals surface area contributed by atoms with Crippen molar-refractivity contribution >= 4 is 29.9 Å². The van der Waals surface area contributed by atoms with Gasteiger partial charge in [0.05, 0.1) is 5.69 Å². The monoisotopic (exact) mass is 505 g/mol. The van der Waals surface area contributed by atoms with E-state index in [1.54, 1.807) is 25.4 Å². The third-order valence-corrected chi connectivity index (χ3v) is 5.25. The lowest BCUT2D eigenvalue weighted by atomic mass is 9.96. The van der Waals surface area contributed by atoms with Crippen LogP contribution < -0.4 is 10.6 Å². The van der Waals surface area contributed by atoms with E-state index in [9.17, 15) is 4.39 Å². The zero-order valence-electron chi connectivity index (χ0n) is 16.3. The van der Waals surface area contributed by atoms with Gasteiger partial charge in [0, 0.05) is 37.9 Å². The Bertz CT molecular complexity index is 967. The number of benzene rings is 2. The van der Waals surface area contributed by atoms with E-state index in [0.29, 0.717) is 6.54 Å². The highest BCUT2D eigenvalue weighted by atomic mass is 127. The average Bonchev–Trinajstić information content (AvgIpc) is 3.31. The van der Waals surface area contributed by atoms with Crippen molar-refractivity contribution in [2.24, 2.45) is 4.99 Å². The average molecular weight is 505 g/mol. The molecular weight excluding hydrogens is 480 g/mol. The molecule has 1 aliphatic carbocycles. The van der Waals surface area contributed by atoms with E-state index in [0.717, 1.165) is 42.2 Å². The van der Waals surface area contributed by atoms with E-state index in [1.165, 1.54) is 6.07 Å². The van der Waals surface area contributed by atoms with Crippen LogP contribution in [0.3, 0.4) is 0 Å². The minimum atomic E-state index is -0.177. The molecule has 0 amide bonds. The van der Waals surface area contributed by atoms with Crippen molar-refractivity contribution < 1.29 is 4.39 Å². The van der Waals surface area contributed by atoms with Gasteiger partial charge >= 0.3 is 0 Å². The second-order valence-corrected chi connectivity index (χ2v) is 7.19. The molecule has 29 heavy (non-hydrogen) atoms. The highest BCUT2D eigenvalue weighted by Gasteiger charge is 2.44. The molecule has 1 heterocycles. The van der Waals surface area contributed by atoms with Crippen LogP contribution in [0.4, 0.5) is 4.39 Å². The fourth-order valence-electron chi connectivity index (χ4n) is 3.43. The zero-order valence-corrected chi connectivity index (χ0v) is 18.6. The first kappa shape index (κ1) is 21.3. The van der Waals surface area contributed by atoms with Crippen LogP contribution in [0.5, 0.6) is 0 Å². The van der Waals surface area contributed by atoms with Crippen LogP contribution in [-0.4, -0.2) is 29.3 Å². The van der Waals surface area contributed by atoms with Crippen LogP contribution in [0.15, 0.2) is 72.0 Å². The van der Waals surface area contributed by atoms with Crippen molar-refractivity contribution in [1.29, 1.82) is 0 Å². The lowest BCUT2D eigenvalue weighted by Gasteiger charge is -2.19. The van der Waals surface area contributed by atoms with Gasteiger partial charge in [-0.05, 0) is 54.3 Å². The summed E-state index contributed by atoms with van der Waals surface area (Å²) in [5.74, 6) is 0.565. The van der Waals surface area contributed by atoms with Crippen LogP contribution in [0.1, 0.15) is 24.0 Å². The van der Waals surface area contributed by atoms with Crippen LogP contribution in [-0.2, 0) is 12.0 Å². The number of halogens is 2. The molecule has 152 valence electrons. The molecule has 0 unspecified atom stereocenters. The second-order valence-electron chi connectivity index (χ2n) is 7.19. The fraction of sp³-hybridized carbons (Fsp3) is 0.273. The lowest BCUT2D eigenvalue weighted by Crippen LogP contribution is -2.40. The van der Waals surface area contributed by atoms with E-state index in [-0.39, 0.29) is 35.2 Å². The van der Waals surface area contributed by atoms with Gasteiger partial charge in [-0.1, -0.05) is 24.3 Å². The molecule has 0 radical (unpaired) electrons. The predicted molar refractivity (Wildman–Crippen MR) is 124 cm³/mol. The number of aliphatic imine (C=N–C) groups is 1. The van der Waals surface area contributed by atoms with Crippen LogP contribution in [0.2, 0.25) is 0 Å². The summed E-state index contributed by atoms with van der Waals surface area (Å²) in [6.07, 6.45) is 5.82. The molecule has 5 nitrogen and oxygen atoms in total. The second kappa shape index (κ2) is 9.39. The Morgan fingerprint density at radius 1 is 1.14 bits per heavy atom. The summed E-state index contributed by atoms with van der Waals surface area (Å²) in [6.45, 7) is 1.39. The maximum Gasteiger partial charge on any atom is 0.191 e. The highest BCUT2D eigenvalue weighted by Crippen LogP contribution is 2.47. The van der Waals surface area contributed by atoms with Crippen molar-refractivity contribution in [2.75, 3.05) is 13.6 Å². The summed E-state index contributed by atoms with van der Waals surface area (Å²) in [7, 11) is 1.76. The zero-order chi connectivity index (χ0) is 19.4. The van der Waals surface area contributed by atoms with E-state index in [4.69, 9.17) is 0 Å². The lowest BCUT2D eigenvalue weighted by molar-refractivity contribution is 0.607. The third-order valence-electron chi connectivity index (χ3n) is 5.25. The first-order chi connectivity index (χ1) is 13.7. The smallest absolute Gasteiger partial charge is 0.191 e. The molecule has 7 heteroatoms. The molecule has 1 aromatic heterocycles. The number of guanidine groups is 1. The van der Waals surface area contributed by atoms with Crippen molar-refractivity contribution in [3.8, 4) is 5.69 Å². The summed E-state index contributed by atoms with van der Waals surface area (Å²) in [4.78, 5) is 4.32. The molecule has 0 saturated heterocycles. The number of hydrogen-bond donors (Lipinski definition) is 2. The first-order valence-corrected chi connectivity index (χ1v) is 9.48. The Morgan fingerprint density at radius 3 is 2.66 bits per heavy atom. The van der Waals surface area contributed by atoms with Gasteiger partial charge in [0.1, 0.15) is 5.82 Å². The van der Waals surface area contributed by atoms with Crippen molar-refractivity contribution in [2.45, 2.75) is 24.8 Å². The number of nitrogens with one attached hydrogen (secondary N) is 2. The molecule has 3 aromatic rings. The van der Waals surface area contributed by atoms with Gasteiger partial charge in [0.2, 0.25) is 0 Å². The Morgan fingerprint density at radius 2 is 1.97 bits per heavy atom. The molecule has 1 aliphatic rings. The van der Waals surface area contributed by atoms with Crippen molar-refractivity contribution in [1.82, 2.24) is 20.4 Å². The first-order valence-electron chi connectivity index (χ1n) is 9.48. The molecule has 1 fully saturated rings. The van der Waals surface area contributed by atoms with Crippen LogP contribution >= 0.6 is 24.0 Å². The quantitative estimate of drug-likeness (QED) is 0.302. The molecule has 0 atom stereocenters. The summed E-state index contributed by atoms with van der Waals surface area (Å²) >= 11 is 0. The van der Waals surface area contributed by atoms with Gasteiger partial charge in [-0.15, -0.1) is 24.0 Å². The molecular formula is C22H25FIN5. The van der Waals surface area contributed by atoms with Gasteiger partial charge in [-0.25, -0.2) is 9.07 Å².